The van der Waals surface area contributed by atoms with E-state index < -0.39 is 15.9 Å². The van der Waals surface area contributed by atoms with Crippen molar-refractivity contribution < 1.29 is 17.8 Å². The molecule has 0 aromatic carbocycles. The Kier molecular flexibility index (Phi) is 2.85. The lowest BCUT2D eigenvalue weighted by Crippen LogP contribution is -2.23. The van der Waals surface area contributed by atoms with E-state index in [2.05, 4.69) is 0 Å². The molecule has 4 nitrogen and oxygen atoms in total. The Bertz CT molecular complexity index is 360. The SMILES string of the molecule is O=C(CCS(=O)(=O)[O-])C1CC2CCC1C2. The van der Waals surface area contributed by atoms with Crippen molar-refractivity contribution in [3.8, 4) is 0 Å². The highest BCUT2D eigenvalue weighted by molar-refractivity contribution is 7.85. The lowest BCUT2D eigenvalue weighted by molar-refractivity contribution is -0.124. The maximum atomic E-state index is 11.7. The van der Waals surface area contributed by atoms with Crippen molar-refractivity contribution in [2.75, 3.05) is 5.75 Å². The van der Waals surface area contributed by atoms with E-state index in [0.29, 0.717) is 11.8 Å². The fourth-order valence-corrected chi connectivity index (χ4v) is 3.50. The summed E-state index contributed by atoms with van der Waals surface area (Å²) in [6.07, 6.45) is 4.28. The highest BCUT2D eigenvalue weighted by atomic mass is 32.2. The molecule has 0 N–H and O–H groups in total. The summed E-state index contributed by atoms with van der Waals surface area (Å²) in [6, 6.07) is 0. The van der Waals surface area contributed by atoms with Gasteiger partial charge in [-0.1, -0.05) is 6.42 Å². The van der Waals surface area contributed by atoms with Crippen molar-refractivity contribution in [3.63, 3.8) is 0 Å². The van der Waals surface area contributed by atoms with E-state index in [0.717, 1.165) is 19.3 Å². The zero-order chi connectivity index (χ0) is 11.1. The first kappa shape index (κ1) is 11.1. The van der Waals surface area contributed by atoms with Crippen molar-refractivity contribution in [1.82, 2.24) is 0 Å². The van der Waals surface area contributed by atoms with Crippen LogP contribution in [-0.4, -0.2) is 24.5 Å². The minimum atomic E-state index is -4.23. The second-order valence-electron chi connectivity index (χ2n) is 4.76. The molecule has 2 aliphatic rings. The van der Waals surface area contributed by atoms with Gasteiger partial charge in [0.1, 0.15) is 5.78 Å². The number of carbonyl (C=O) groups excluding carboxylic acids is 1. The first-order valence-corrected chi connectivity index (χ1v) is 7.00. The predicted octanol–water partition coefficient (Wildman–Crippen LogP) is 0.927. The van der Waals surface area contributed by atoms with Crippen LogP contribution in [0.4, 0.5) is 0 Å². The Morgan fingerprint density at radius 2 is 2.00 bits per heavy atom. The topological polar surface area (TPSA) is 74.3 Å². The van der Waals surface area contributed by atoms with Gasteiger partial charge in [0.2, 0.25) is 0 Å². The average Bonchev–Trinajstić information content (AvgIpc) is 2.73. The molecule has 15 heavy (non-hydrogen) atoms. The molecule has 3 atom stereocenters. The molecule has 2 saturated carbocycles. The first-order valence-electron chi connectivity index (χ1n) is 5.42. The second-order valence-corrected chi connectivity index (χ2v) is 6.28. The summed E-state index contributed by atoms with van der Waals surface area (Å²) in [5.41, 5.74) is 0. The predicted molar refractivity (Wildman–Crippen MR) is 53.1 cm³/mol. The highest BCUT2D eigenvalue weighted by Gasteiger charge is 2.42. The van der Waals surface area contributed by atoms with E-state index in [-0.39, 0.29) is 18.1 Å². The molecule has 0 amide bonds. The number of hydrogen-bond donors (Lipinski definition) is 0. The lowest BCUT2D eigenvalue weighted by atomic mass is 9.85. The molecule has 86 valence electrons. The Morgan fingerprint density at radius 3 is 2.47 bits per heavy atom. The van der Waals surface area contributed by atoms with Crippen LogP contribution in [0.2, 0.25) is 0 Å². The molecule has 0 heterocycles. The van der Waals surface area contributed by atoms with Crippen molar-refractivity contribution >= 4 is 15.9 Å². The molecule has 0 saturated heterocycles. The minimum Gasteiger partial charge on any atom is -0.748 e. The van der Waals surface area contributed by atoms with Gasteiger partial charge in [-0.3, -0.25) is 4.79 Å². The van der Waals surface area contributed by atoms with Crippen LogP contribution in [0.3, 0.4) is 0 Å². The van der Waals surface area contributed by atoms with Gasteiger partial charge in [-0.05, 0) is 31.1 Å². The smallest absolute Gasteiger partial charge is 0.137 e. The third kappa shape index (κ3) is 2.58. The minimum absolute atomic E-state index is 0.0124. The molecule has 2 rings (SSSR count). The van der Waals surface area contributed by atoms with Crippen LogP contribution in [0, 0.1) is 17.8 Å². The molecule has 0 radical (unpaired) electrons. The first-order chi connectivity index (χ1) is 6.96. The lowest BCUT2D eigenvalue weighted by Gasteiger charge is -2.20. The van der Waals surface area contributed by atoms with Crippen LogP contribution < -0.4 is 0 Å². The molecule has 2 aliphatic carbocycles. The number of fused-ring (bicyclic) bond motifs is 2. The van der Waals surface area contributed by atoms with Crippen LogP contribution in [0.25, 0.3) is 0 Å². The van der Waals surface area contributed by atoms with Crippen molar-refractivity contribution in [3.05, 3.63) is 0 Å². The van der Waals surface area contributed by atoms with Crippen molar-refractivity contribution in [2.24, 2.45) is 17.8 Å². The molecule has 0 aliphatic heterocycles. The fourth-order valence-electron chi connectivity index (χ4n) is 3.05. The summed E-state index contributed by atoms with van der Waals surface area (Å²) < 4.78 is 31.2. The average molecular weight is 231 g/mol. The van der Waals surface area contributed by atoms with Gasteiger partial charge in [0.25, 0.3) is 0 Å². The van der Waals surface area contributed by atoms with Crippen LogP contribution in [0.5, 0.6) is 0 Å². The van der Waals surface area contributed by atoms with Gasteiger partial charge < -0.3 is 4.55 Å². The summed E-state index contributed by atoms with van der Waals surface area (Å²) in [4.78, 5) is 11.7. The molecule has 0 aromatic rings. The maximum Gasteiger partial charge on any atom is 0.137 e. The summed E-state index contributed by atoms with van der Waals surface area (Å²) in [7, 11) is -4.23. The van der Waals surface area contributed by atoms with E-state index in [1.165, 1.54) is 6.42 Å². The third-order valence-corrected chi connectivity index (χ3v) is 4.45. The van der Waals surface area contributed by atoms with E-state index in [1.807, 2.05) is 0 Å². The summed E-state index contributed by atoms with van der Waals surface area (Å²) in [6.45, 7) is 0. The number of rotatable bonds is 4. The molecule has 0 aromatic heterocycles. The van der Waals surface area contributed by atoms with E-state index >= 15 is 0 Å². The van der Waals surface area contributed by atoms with Crippen LogP contribution in [-0.2, 0) is 14.9 Å². The van der Waals surface area contributed by atoms with Crippen LogP contribution >= 0.6 is 0 Å². The van der Waals surface area contributed by atoms with E-state index in [1.54, 1.807) is 0 Å². The Balaban J connectivity index is 1.87. The van der Waals surface area contributed by atoms with Gasteiger partial charge >= 0.3 is 0 Å². The quantitative estimate of drug-likeness (QED) is 0.674. The Hall–Kier alpha value is -0.420. The highest BCUT2D eigenvalue weighted by Crippen LogP contribution is 2.48. The monoisotopic (exact) mass is 231 g/mol. The number of carbonyl (C=O) groups is 1. The maximum absolute atomic E-state index is 11.7. The van der Waals surface area contributed by atoms with Gasteiger partial charge in [-0.25, -0.2) is 8.42 Å². The van der Waals surface area contributed by atoms with Crippen molar-refractivity contribution in [2.45, 2.75) is 32.1 Å². The standard InChI is InChI=1S/C10H16O4S/c11-10(3-4-15(12,13)14)9-6-7-1-2-8(9)5-7/h7-9H,1-6H2,(H,12,13,14)/p-1. The second kappa shape index (κ2) is 3.87. The fraction of sp³-hybridized carbons (Fsp3) is 0.900. The molecule has 2 bridgehead atoms. The van der Waals surface area contributed by atoms with Gasteiger partial charge in [0.15, 0.2) is 0 Å². The van der Waals surface area contributed by atoms with Gasteiger partial charge in [-0.2, -0.15) is 0 Å². The number of ketones is 1. The molecular formula is C10H15O4S-. The van der Waals surface area contributed by atoms with Gasteiger partial charge in [-0.15, -0.1) is 0 Å². The number of Topliss-reactive ketones (excluding diaryl/α,β-unsaturated/α-hetero) is 1. The summed E-state index contributed by atoms with van der Waals surface area (Å²) >= 11 is 0. The Labute approximate surface area is 89.8 Å². The van der Waals surface area contributed by atoms with Gasteiger partial charge in [0.05, 0.1) is 10.1 Å². The normalized spacial score (nSPS) is 34.6. The van der Waals surface area contributed by atoms with Gasteiger partial charge in [0, 0.05) is 18.1 Å². The van der Waals surface area contributed by atoms with Crippen LogP contribution in [0.1, 0.15) is 32.1 Å². The molecule has 3 unspecified atom stereocenters. The van der Waals surface area contributed by atoms with Crippen molar-refractivity contribution in [1.29, 1.82) is 0 Å². The molecule has 2 fully saturated rings. The zero-order valence-electron chi connectivity index (χ0n) is 8.52. The largest absolute Gasteiger partial charge is 0.748 e. The number of hydrogen-bond acceptors (Lipinski definition) is 4. The molecular weight excluding hydrogens is 216 g/mol. The van der Waals surface area contributed by atoms with E-state index in [9.17, 15) is 17.8 Å². The molecule has 0 spiro atoms. The van der Waals surface area contributed by atoms with E-state index in [4.69, 9.17) is 0 Å². The summed E-state index contributed by atoms with van der Waals surface area (Å²) in [5.74, 6) is 0.650. The molecule has 5 heteroatoms. The summed E-state index contributed by atoms with van der Waals surface area (Å²) in [5, 5.41) is 0. The Morgan fingerprint density at radius 1 is 1.27 bits per heavy atom. The van der Waals surface area contributed by atoms with Crippen LogP contribution in [0.15, 0.2) is 0 Å². The zero-order valence-corrected chi connectivity index (χ0v) is 9.33. The third-order valence-electron chi connectivity index (χ3n) is 3.75.